The topological polar surface area (TPSA) is 83.5 Å². The fourth-order valence-electron chi connectivity index (χ4n) is 3.95. The van der Waals surface area contributed by atoms with Crippen LogP contribution in [-0.4, -0.2) is 52.2 Å². The van der Waals surface area contributed by atoms with Gasteiger partial charge in [0, 0.05) is 37.9 Å². The van der Waals surface area contributed by atoms with E-state index in [9.17, 15) is 9.18 Å². The second kappa shape index (κ2) is 10.4. The standard InChI is InChI=1S/C27H25FN6O2/c1-19-11-12-29-25(17-19)30-24-9-10-26(32-31-24)33-13-15-34(16-14-33)27(35)20-3-2-4-23(18-20)36-22-7-5-21(28)6-8-22/h2-12,17-18H,13-16H2,1H3,(H,29,30,31). The van der Waals surface area contributed by atoms with Crippen molar-refractivity contribution in [2.24, 2.45) is 0 Å². The Kier molecular flexibility index (Phi) is 6.70. The van der Waals surface area contributed by atoms with Crippen LogP contribution >= 0.6 is 0 Å². The molecule has 1 aliphatic rings. The molecule has 4 aromatic rings. The highest BCUT2D eigenvalue weighted by Crippen LogP contribution is 2.24. The molecule has 2 aromatic heterocycles. The third-order valence-electron chi connectivity index (χ3n) is 5.84. The minimum Gasteiger partial charge on any atom is -0.457 e. The van der Waals surface area contributed by atoms with Crippen molar-refractivity contribution in [3.63, 3.8) is 0 Å². The number of piperazine rings is 1. The largest absolute Gasteiger partial charge is 0.457 e. The maximum Gasteiger partial charge on any atom is 0.254 e. The van der Waals surface area contributed by atoms with Crippen molar-refractivity contribution in [1.82, 2.24) is 20.1 Å². The zero-order chi connectivity index (χ0) is 24.9. The molecule has 1 fully saturated rings. The molecule has 1 amide bonds. The lowest BCUT2D eigenvalue weighted by Crippen LogP contribution is -2.49. The van der Waals surface area contributed by atoms with E-state index in [2.05, 4.69) is 25.4 Å². The number of carbonyl (C=O) groups excluding carboxylic acids is 1. The number of pyridine rings is 1. The van der Waals surface area contributed by atoms with Gasteiger partial charge in [0.05, 0.1) is 0 Å². The molecule has 36 heavy (non-hydrogen) atoms. The number of hydrogen-bond donors (Lipinski definition) is 1. The summed E-state index contributed by atoms with van der Waals surface area (Å²) in [6.07, 6.45) is 1.75. The first-order valence-electron chi connectivity index (χ1n) is 11.6. The van der Waals surface area contributed by atoms with Crippen LogP contribution < -0.4 is 15.0 Å². The summed E-state index contributed by atoms with van der Waals surface area (Å²) in [4.78, 5) is 21.3. The highest BCUT2D eigenvalue weighted by Gasteiger charge is 2.23. The van der Waals surface area contributed by atoms with Crippen LogP contribution in [0.1, 0.15) is 15.9 Å². The number of amides is 1. The van der Waals surface area contributed by atoms with E-state index in [1.807, 2.05) is 36.1 Å². The summed E-state index contributed by atoms with van der Waals surface area (Å²) in [5, 5.41) is 11.8. The van der Waals surface area contributed by atoms with E-state index in [0.29, 0.717) is 49.1 Å². The van der Waals surface area contributed by atoms with Crippen LogP contribution in [0.2, 0.25) is 0 Å². The number of halogens is 1. The van der Waals surface area contributed by atoms with Crippen LogP contribution in [0.25, 0.3) is 0 Å². The lowest BCUT2D eigenvalue weighted by Gasteiger charge is -2.35. The number of nitrogens with one attached hydrogen (secondary N) is 1. The van der Waals surface area contributed by atoms with Gasteiger partial charge in [0.2, 0.25) is 0 Å². The maximum atomic E-state index is 13.1. The van der Waals surface area contributed by atoms with Gasteiger partial charge >= 0.3 is 0 Å². The lowest BCUT2D eigenvalue weighted by molar-refractivity contribution is 0.0746. The Morgan fingerprint density at radius 1 is 0.889 bits per heavy atom. The van der Waals surface area contributed by atoms with Crippen LogP contribution in [0.3, 0.4) is 0 Å². The molecular formula is C27H25FN6O2. The predicted molar refractivity (Wildman–Crippen MR) is 135 cm³/mol. The molecule has 0 aliphatic carbocycles. The monoisotopic (exact) mass is 484 g/mol. The first kappa shape index (κ1) is 23.2. The highest BCUT2D eigenvalue weighted by molar-refractivity contribution is 5.94. The van der Waals surface area contributed by atoms with Crippen molar-refractivity contribution in [3.8, 4) is 11.5 Å². The Morgan fingerprint density at radius 3 is 2.42 bits per heavy atom. The van der Waals surface area contributed by atoms with E-state index in [0.717, 1.165) is 17.2 Å². The average Bonchev–Trinajstić information content (AvgIpc) is 2.90. The zero-order valence-corrected chi connectivity index (χ0v) is 19.8. The summed E-state index contributed by atoms with van der Waals surface area (Å²) in [7, 11) is 0. The Hall–Kier alpha value is -4.53. The molecule has 182 valence electrons. The van der Waals surface area contributed by atoms with Gasteiger partial charge in [-0.15, -0.1) is 10.2 Å². The molecule has 0 bridgehead atoms. The van der Waals surface area contributed by atoms with Gasteiger partial charge in [-0.1, -0.05) is 6.07 Å². The summed E-state index contributed by atoms with van der Waals surface area (Å²) in [5.74, 6) is 2.74. The molecule has 1 aliphatic heterocycles. The number of aryl methyl sites for hydroxylation is 1. The van der Waals surface area contributed by atoms with Gasteiger partial charge in [-0.2, -0.15) is 0 Å². The van der Waals surface area contributed by atoms with E-state index < -0.39 is 0 Å². The summed E-state index contributed by atoms with van der Waals surface area (Å²) >= 11 is 0. The van der Waals surface area contributed by atoms with E-state index in [1.54, 1.807) is 42.6 Å². The second-order valence-corrected chi connectivity index (χ2v) is 8.48. The number of anilines is 3. The van der Waals surface area contributed by atoms with E-state index in [4.69, 9.17) is 4.74 Å². The third-order valence-corrected chi connectivity index (χ3v) is 5.84. The van der Waals surface area contributed by atoms with Crippen molar-refractivity contribution >= 4 is 23.4 Å². The van der Waals surface area contributed by atoms with E-state index in [1.165, 1.54) is 12.1 Å². The van der Waals surface area contributed by atoms with Gasteiger partial charge in [0.1, 0.15) is 23.1 Å². The molecule has 2 aromatic carbocycles. The van der Waals surface area contributed by atoms with Crippen LogP contribution in [-0.2, 0) is 0 Å². The quantitative estimate of drug-likeness (QED) is 0.420. The Morgan fingerprint density at radius 2 is 1.69 bits per heavy atom. The fourth-order valence-corrected chi connectivity index (χ4v) is 3.95. The normalized spacial score (nSPS) is 13.4. The summed E-state index contributed by atoms with van der Waals surface area (Å²) < 4.78 is 18.9. The van der Waals surface area contributed by atoms with Gasteiger partial charge < -0.3 is 19.9 Å². The molecule has 1 saturated heterocycles. The molecule has 0 saturated carbocycles. The van der Waals surface area contributed by atoms with Gasteiger partial charge in [-0.3, -0.25) is 4.79 Å². The summed E-state index contributed by atoms with van der Waals surface area (Å²) in [6.45, 7) is 4.44. The lowest BCUT2D eigenvalue weighted by atomic mass is 10.1. The molecule has 0 radical (unpaired) electrons. The molecule has 0 unspecified atom stereocenters. The van der Waals surface area contributed by atoms with Crippen molar-refractivity contribution in [1.29, 1.82) is 0 Å². The van der Waals surface area contributed by atoms with Crippen LogP contribution in [0, 0.1) is 12.7 Å². The van der Waals surface area contributed by atoms with E-state index in [-0.39, 0.29) is 11.7 Å². The first-order chi connectivity index (χ1) is 17.5. The summed E-state index contributed by atoms with van der Waals surface area (Å²) in [6, 6.07) is 20.4. The molecule has 1 N–H and O–H groups in total. The number of rotatable bonds is 6. The van der Waals surface area contributed by atoms with Crippen molar-refractivity contribution in [2.75, 3.05) is 36.4 Å². The number of benzene rings is 2. The smallest absolute Gasteiger partial charge is 0.254 e. The minimum atomic E-state index is -0.330. The highest BCUT2D eigenvalue weighted by atomic mass is 19.1. The van der Waals surface area contributed by atoms with Crippen LogP contribution in [0.15, 0.2) is 79.0 Å². The van der Waals surface area contributed by atoms with Gasteiger partial charge in [-0.05, 0) is 79.2 Å². The summed E-state index contributed by atoms with van der Waals surface area (Å²) in [5.41, 5.74) is 1.65. The van der Waals surface area contributed by atoms with Gasteiger partial charge in [-0.25, -0.2) is 9.37 Å². The number of ether oxygens (including phenoxy) is 1. The van der Waals surface area contributed by atoms with Crippen LogP contribution in [0.5, 0.6) is 11.5 Å². The second-order valence-electron chi connectivity index (χ2n) is 8.48. The first-order valence-corrected chi connectivity index (χ1v) is 11.6. The van der Waals surface area contributed by atoms with Gasteiger partial charge in [0.15, 0.2) is 11.6 Å². The van der Waals surface area contributed by atoms with E-state index >= 15 is 0 Å². The average molecular weight is 485 g/mol. The molecule has 5 rings (SSSR count). The molecule has 3 heterocycles. The maximum absolute atomic E-state index is 13.1. The van der Waals surface area contributed by atoms with Gasteiger partial charge in [0.25, 0.3) is 5.91 Å². The van der Waals surface area contributed by atoms with Crippen LogP contribution in [0.4, 0.5) is 21.8 Å². The Balaban J connectivity index is 1.17. The number of nitrogens with zero attached hydrogens (tertiary/aromatic N) is 5. The predicted octanol–water partition coefficient (Wildman–Crippen LogP) is 4.82. The van der Waals surface area contributed by atoms with Crippen molar-refractivity contribution < 1.29 is 13.9 Å². The molecule has 8 nitrogen and oxygen atoms in total. The fraction of sp³-hybridized carbons (Fsp3) is 0.185. The minimum absolute atomic E-state index is 0.0597. The SMILES string of the molecule is Cc1ccnc(Nc2ccc(N3CCN(C(=O)c4cccc(Oc5ccc(F)cc5)c4)CC3)nn2)c1. The molecular weight excluding hydrogens is 459 g/mol. The Bertz CT molecular complexity index is 1340. The molecule has 0 atom stereocenters. The number of carbonyl (C=O) groups is 1. The third kappa shape index (κ3) is 5.57. The molecule has 9 heteroatoms. The molecule has 0 spiro atoms. The zero-order valence-electron chi connectivity index (χ0n) is 19.8. The number of hydrogen-bond acceptors (Lipinski definition) is 7. The van der Waals surface area contributed by atoms with Crippen molar-refractivity contribution in [3.05, 3.63) is 95.9 Å². The van der Waals surface area contributed by atoms with Crippen molar-refractivity contribution in [2.45, 2.75) is 6.92 Å². The Labute approximate surface area is 208 Å². The number of aromatic nitrogens is 3.